The van der Waals surface area contributed by atoms with Gasteiger partial charge in [-0.1, -0.05) is 12.1 Å². The van der Waals surface area contributed by atoms with E-state index in [0.29, 0.717) is 29.4 Å². The van der Waals surface area contributed by atoms with Crippen molar-refractivity contribution in [2.75, 3.05) is 18.5 Å². The molecular weight excluding hydrogens is 441 g/mol. The average molecular weight is 460 g/mol. The van der Waals surface area contributed by atoms with E-state index >= 15 is 0 Å². The molecular formula is C20H19ClFN7O3. The number of pyridine rings is 2. The highest BCUT2D eigenvalue weighted by Gasteiger charge is 2.16. The molecule has 1 amide bonds. The zero-order valence-corrected chi connectivity index (χ0v) is 17.5. The minimum Gasteiger partial charge on any atom is -0.466 e. The number of hydrogen-bond donors (Lipinski definition) is 2. The molecule has 4 rings (SSSR count). The molecule has 10 nitrogen and oxygen atoms in total. The molecule has 4 heterocycles. The van der Waals surface area contributed by atoms with Crippen molar-refractivity contribution in [2.24, 2.45) is 5.73 Å². The van der Waals surface area contributed by atoms with Crippen LogP contribution < -0.4 is 21.5 Å². The van der Waals surface area contributed by atoms with E-state index in [9.17, 15) is 14.0 Å². The lowest BCUT2D eigenvalue weighted by Gasteiger charge is -2.16. The van der Waals surface area contributed by atoms with Gasteiger partial charge in [0.25, 0.3) is 5.91 Å². The number of fused-ring (bicyclic) bond motifs is 1. The fourth-order valence-electron chi connectivity index (χ4n) is 2.87. The first-order valence-electron chi connectivity index (χ1n) is 9.28. The predicted octanol–water partition coefficient (Wildman–Crippen LogP) is 1.56. The second kappa shape index (κ2) is 9.98. The molecule has 0 aliphatic carbocycles. The Morgan fingerprint density at radius 1 is 1.31 bits per heavy atom. The molecule has 0 radical (unpaired) electrons. The van der Waals surface area contributed by atoms with Crippen molar-refractivity contribution < 1.29 is 13.9 Å². The second-order valence-electron chi connectivity index (χ2n) is 6.62. The van der Waals surface area contributed by atoms with Crippen LogP contribution in [0.15, 0.2) is 53.5 Å². The van der Waals surface area contributed by atoms with Gasteiger partial charge in [-0.3, -0.25) is 4.79 Å². The Bertz CT molecular complexity index is 1250. The largest absolute Gasteiger partial charge is 0.466 e. The smallest absolute Gasteiger partial charge is 0.351 e. The van der Waals surface area contributed by atoms with Crippen molar-refractivity contribution >= 4 is 36.2 Å². The van der Waals surface area contributed by atoms with Gasteiger partial charge in [0.1, 0.15) is 17.8 Å². The first-order chi connectivity index (χ1) is 15.1. The molecule has 32 heavy (non-hydrogen) atoms. The minimum atomic E-state index is -0.462. The number of carbonyl (C=O) groups is 1. The molecule has 0 bridgehead atoms. The van der Waals surface area contributed by atoms with E-state index < -0.39 is 5.69 Å². The second-order valence-corrected chi connectivity index (χ2v) is 6.62. The molecule has 12 heteroatoms. The summed E-state index contributed by atoms with van der Waals surface area (Å²) in [6.45, 7) is -0.106. The quantitative estimate of drug-likeness (QED) is 0.572. The molecule has 0 saturated carbocycles. The van der Waals surface area contributed by atoms with Crippen LogP contribution in [-0.2, 0) is 11.3 Å². The summed E-state index contributed by atoms with van der Waals surface area (Å²) in [5, 5.41) is 6.69. The number of hydrogen-bond acceptors (Lipinski definition) is 7. The lowest BCUT2D eigenvalue weighted by molar-refractivity contribution is -0.118. The lowest BCUT2D eigenvalue weighted by atomic mass is 10.2. The van der Waals surface area contributed by atoms with Gasteiger partial charge in [-0.2, -0.15) is 5.10 Å². The third-order valence-corrected chi connectivity index (χ3v) is 4.44. The molecule has 1 aliphatic heterocycles. The number of ether oxygens (including phenoxy) is 1. The summed E-state index contributed by atoms with van der Waals surface area (Å²) in [7, 11) is 0. The van der Waals surface area contributed by atoms with Crippen molar-refractivity contribution in [3.63, 3.8) is 0 Å². The SMILES string of the molecule is Cl.NC/C(=C\F)Cn1ncn(-c2cccc(/C=C/c3cnc4c(c3)NC(=O)CO4)n2)c1=O. The van der Waals surface area contributed by atoms with Crippen molar-refractivity contribution in [2.45, 2.75) is 6.54 Å². The number of nitrogens with zero attached hydrogens (tertiary/aromatic N) is 5. The Hall–Kier alpha value is -3.83. The fraction of sp³-hybridized carbons (Fsp3) is 0.150. The zero-order valence-electron chi connectivity index (χ0n) is 16.6. The summed E-state index contributed by atoms with van der Waals surface area (Å²) in [6, 6.07) is 6.91. The molecule has 3 aromatic rings. The Morgan fingerprint density at radius 2 is 2.16 bits per heavy atom. The Morgan fingerprint density at radius 3 is 2.94 bits per heavy atom. The maximum absolute atomic E-state index is 12.8. The van der Waals surface area contributed by atoms with Gasteiger partial charge in [0.2, 0.25) is 5.88 Å². The van der Waals surface area contributed by atoms with Gasteiger partial charge in [-0.25, -0.2) is 28.4 Å². The number of aromatic nitrogens is 5. The van der Waals surface area contributed by atoms with E-state index in [1.807, 2.05) is 0 Å². The highest BCUT2D eigenvalue weighted by molar-refractivity contribution is 5.95. The van der Waals surface area contributed by atoms with Gasteiger partial charge in [0.05, 0.1) is 18.6 Å². The summed E-state index contributed by atoms with van der Waals surface area (Å²) in [5.74, 6) is 0.492. The third kappa shape index (κ3) is 4.90. The van der Waals surface area contributed by atoms with Crippen LogP contribution in [0.25, 0.3) is 18.0 Å². The van der Waals surface area contributed by atoms with Crippen LogP contribution >= 0.6 is 12.4 Å². The lowest BCUT2D eigenvalue weighted by Crippen LogP contribution is -2.26. The normalized spacial score (nSPS) is 13.3. The van der Waals surface area contributed by atoms with Crippen LogP contribution in [0.1, 0.15) is 11.3 Å². The van der Waals surface area contributed by atoms with Gasteiger partial charge in [0, 0.05) is 12.7 Å². The van der Waals surface area contributed by atoms with Gasteiger partial charge < -0.3 is 15.8 Å². The monoisotopic (exact) mass is 459 g/mol. The van der Waals surface area contributed by atoms with Crippen LogP contribution in [0.4, 0.5) is 10.1 Å². The minimum absolute atomic E-state index is 0. The summed E-state index contributed by atoms with van der Waals surface area (Å²) < 4.78 is 20.4. The Labute approximate surface area is 187 Å². The molecule has 0 saturated heterocycles. The number of amides is 1. The molecule has 1 aliphatic rings. The van der Waals surface area contributed by atoms with E-state index in [1.54, 1.807) is 42.6 Å². The van der Waals surface area contributed by atoms with E-state index in [1.165, 1.54) is 10.9 Å². The van der Waals surface area contributed by atoms with Crippen molar-refractivity contribution in [3.05, 3.63) is 70.4 Å². The van der Waals surface area contributed by atoms with Crippen LogP contribution in [0.5, 0.6) is 5.88 Å². The van der Waals surface area contributed by atoms with E-state index in [4.69, 9.17) is 10.5 Å². The number of nitrogens with one attached hydrogen (secondary N) is 1. The summed E-state index contributed by atoms with van der Waals surface area (Å²) >= 11 is 0. The van der Waals surface area contributed by atoms with Crippen molar-refractivity contribution in [1.82, 2.24) is 24.3 Å². The molecule has 166 valence electrons. The predicted molar refractivity (Wildman–Crippen MR) is 118 cm³/mol. The van der Waals surface area contributed by atoms with E-state index in [0.717, 1.165) is 10.2 Å². The highest BCUT2D eigenvalue weighted by atomic mass is 35.5. The maximum atomic E-state index is 12.8. The van der Waals surface area contributed by atoms with Gasteiger partial charge >= 0.3 is 5.69 Å². The van der Waals surface area contributed by atoms with E-state index in [-0.39, 0.29) is 43.6 Å². The molecule has 0 fully saturated rings. The average Bonchev–Trinajstić information content (AvgIpc) is 3.15. The van der Waals surface area contributed by atoms with Gasteiger partial charge in [-0.05, 0) is 35.4 Å². The van der Waals surface area contributed by atoms with Gasteiger partial charge in [0.15, 0.2) is 6.61 Å². The third-order valence-electron chi connectivity index (χ3n) is 4.44. The standard InChI is InChI=1S/C20H18FN7O3.ClH/c21-7-14(8-22)10-28-20(30)27(12-24-28)17-3-1-2-15(25-17)5-4-13-6-16-19(23-9-13)31-11-18(29)26-16;/h1-7,9,12H,8,10-11,22H2,(H,26,29);1H/b5-4+,14-7+;. The van der Waals surface area contributed by atoms with Crippen molar-refractivity contribution in [3.8, 4) is 11.7 Å². The number of nitrogens with two attached hydrogens (primary N) is 1. The number of carbonyl (C=O) groups excluding carboxylic acids is 1. The number of anilines is 1. The molecule has 0 aromatic carbocycles. The Balaban J connectivity index is 0.00000289. The van der Waals surface area contributed by atoms with E-state index in [2.05, 4.69) is 20.4 Å². The summed E-state index contributed by atoms with van der Waals surface area (Å²) in [5.41, 5.74) is 7.03. The maximum Gasteiger partial charge on any atom is 0.351 e. The topological polar surface area (TPSA) is 130 Å². The molecule has 0 spiro atoms. The number of halogens is 2. The van der Waals surface area contributed by atoms with Crippen molar-refractivity contribution in [1.29, 1.82) is 0 Å². The first kappa shape index (κ1) is 22.8. The molecule has 0 atom stereocenters. The highest BCUT2D eigenvalue weighted by Crippen LogP contribution is 2.26. The molecule has 0 unspecified atom stereocenters. The molecule has 3 aromatic heterocycles. The van der Waals surface area contributed by atoms with Crippen LogP contribution in [0.3, 0.4) is 0 Å². The fourth-order valence-corrected chi connectivity index (χ4v) is 2.87. The van der Waals surface area contributed by atoms with Gasteiger partial charge in [-0.15, -0.1) is 12.4 Å². The summed E-state index contributed by atoms with van der Waals surface area (Å²) in [4.78, 5) is 32.6. The zero-order chi connectivity index (χ0) is 21.8. The Kier molecular flexibility index (Phi) is 7.13. The van der Waals surface area contributed by atoms with Crippen LogP contribution in [-0.4, -0.2) is 43.4 Å². The number of rotatable bonds is 6. The summed E-state index contributed by atoms with van der Waals surface area (Å²) in [6.07, 6.45) is 6.82. The van der Waals surface area contributed by atoms with Crippen LogP contribution in [0.2, 0.25) is 0 Å². The molecule has 3 N–H and O–H groups in total. The first-order valence-corrected chi connectivity index (χ1v) is 9.28. The van der Waals surface area contributed by atoms with Crippen LogP contribution in [0, 0.1) is 0 Å².